The highest BCUT2D eigenvalue weighted by Gasteiger charge is 2.15. The summed E-state index contributed by atoms with van der Waals surface area (Å²) in [6.07, 6.45) is 2.20. The predicted octanol–water partition coefficient (Wildman–Crippen LogP) is 2.04. The Morgan fingerprint density at radius 2 is 1.96 bits per heavy atom. The van der Waals surface area contributed by atoms with Crippen molar-refractivity contribution in [1.82, 2.24) is 10.6 Å². The highest BCUT2D eigenvalue weighted by atomic mass is 19.2. The fourth-order valence-electron chi connectivity index (χ4n) is 1.96. The van der Waals surface area contributed by atoms with Crippen LogP contribution in [0.1, 0.15) is 5.76 Å². The van der Waals surface area contributed by atoms with Crippen LogP contribution < -0.4 is 16.0 Å². The molecule has 1 aromatic heterocycles. The maximum absolute atomic E-state index is 13.5. The zero-order valence-electron chi connectivity index (χ0n) is 13.4. The fourth-order valence-corrected chi connectivity index (χ4v) is 1.96. The number of guanidine groups is 1. The van der Waals surface area contributed by atoms with E-state index in [0.717, 1.165) is 17.9 Å². The molecule has 2 rings (SSSR count). The normalized spacial score (nSPS) is 11.3. The summed E-state index contributed by atoms with van der Waals surface area (Å²) in [6.45, 7) is 0.283. The maximum Gasteiger partial charge on any atom is 0.243 e. The molecule has 9 heteroatoms. The predicted molar refractivity (Wildman–Crippen MR) is 86.7 cm³/mol. The molecule has 0 bridgehead atoms. The minimum absolute atomic E-state index is 0.237. The van der Waals surface area contributed by atoms with Crippen LogP contribution in [0.5, 0.6) is 0 Å². The third-order valence-electron chi connectivity index (χ3n) is 3.19. The van der Waals surface area contributed by atoms with Gasteiger partial charge in [0, 0.05) is 20.0 Å². The summed E-state index contributed by atoms with van der Waals surface area (Å²) in [7, 11) is 1.52. The zero-order valence-corrected chi connectivity index (χ0v) is 13.4. The van der Waals surface area contributed by atoms with Gasteiger partial charge in [-0.05, 0) is 24.3 Å². The number of carbonyl (C=O) groups is 1. The molecule has 0 aliphatic carbocycles. The first-order valence-electron chi connectivity index (χ1n) is 7.41. The Balaban J connectivity index is 1.79. The first kappa shape index (κ1) is 18.4. The van der Waals surface area contributed by atoms with Gasteiger partial charge < -0.3 is 20.4 Å². The van der Waals surface area contributed by atoms with Crippen LogP contribution in [0.25, 0.3) is 0 Å². The van der Waals surface area contributed by atoms with Gasteiger partial charge >= 0.3 is 0 Å². The molecule has 0 atom stereocenters. The quantitative estimate of drug-likeness (QED) is 0.421. The molecule has 0 aliphatic heterocycles. The molecule has 25 heavy (non-hydrogen) atoms. The van der Waals surface area contributed by atoms with Crippen LogP contribution in [0.2, 0.25) is 0 Å². The van der Waals surface area contributed by atoms with Crippen molar-refractivity contribution in [2.45, 2.75) is 6.42 Å². The van der Waals surface area contributed by atoms with Gasteiger partial charge in [-0.1, -0.05) is 0 Å². The van der Waals surface area contributed by atoms with Gasteiger partial charge in [0.2, 0.25) is 5.91 Å². The van der Waals surface area contributed by atoms with E-state index in [9.17, 15) is 18.0 Å². The van der Waals surface area contributed by atoms with Crippen LogP contribution in [0.3, 0.4) is 0 Å². The van der Waals surface area contributed by atoms with Crippen LogP contribution in [-0.2, 0) is 11.2 Å². The summed E-state index contributed by atoms with van der Waals surface area (Å²) in [5.74, 6) is -3.90. The lowest BCUT2D eigenvalue weighted by Gasteiger charge is -2.12. The third kappa shape index (κ3) is 5.27. The molecule has 1 aromatic carbocycles. The van der Waals surface area contributed by atoms with Crippen LogP contribution in [0.15, 0.2) is 39.9 Å². The van der Waals surface area contributed by atoms with Gasteiger partial charge in [-0.15, -0.1) is 0 Å². The Morgan fingerprint density at radius 3 is 2.64 bits per heavy atom. The van der Waals surface area contributed by atoms with E-state index in [1.165, 1.54) is 7.05 Å². The number of hydrogen-bond donors (Lipinski definition) is 3. The summed E-state index contributed by atoms with van der Waals surface area (Å²) < 4.78 is 44.6. The van der Waals surface area contributed by atoms with Gasteiger partial charge in [-0.3, -0.25) is 9.79 Å². The smallest absolute Gasteiger partial charge is 0.243 e. The molecule has 0 saturated heterocycles. The summed E-state index contributed by atoms with van der Waals surface area (Å²) in [6, 6.07) is 5.30. The van der Waals surface area contributed by atoms with Crippen molar-refractivity contribution >= 4 is 17.6 Å². The Bertz CT molecular complexity index is 748. The number of nitrogens with zero attached hydrogens (tertiary/aromatic N) is 1. The summed E-state index contributed by atoms with van der Waals surface area (Å²) in [4.78, 5) is 15.7. The van der Waals surface area contributed by atoms with Crippen molar-refractivity contribution in [3.05, 3.63) is 53.7 Å². The van der Waals surface area contributed by atoms with Crippen molar-refractivity contribution < 1.29 is 22.4 Å². The summed E-state index contributed by atoms with van der Waals surface area (Å²) >= 11 is 0. The summed E-state index contributed by atoms with van der Waals surface area (Å²) in [5, 5.41) is 7.85. The summed E-state index contributed by atoms with van der Waals surface area (Å²) in [5.41, 5.74) is -0.438. The third-order valence-corrected chi connectivity index (χ3v) is 3.19. The molecule has 3 N–H and O–H groups in total. The molecule has 0 fully saturated rings. The number of carbonyl (C=O) groups excluding carboxylic acids is 1. The Hall–Kier alpha value is -2.97. The van der Waals surface area contributed by atoms with E-state index in [2.05, 4.69) is 20.9 Å². The van der Waals surface area contributed by atoms with Crippen LogP contribution in [0, 0.1) is 17.5 Å². The van der Waals surface area contributed by atoms with Crippen LogP contribution in [-0.4, -0.2) is 32.0 Å². The number of anilines is 1. The standard InChI is InChI=1S/C16H17F3N4O2/c1-20-16(21-7-6-10-3-2-8-25-10)22-9-13(24)23-12-5-4-11(17)14(18)15(12)19/h2-5,8H,6-7,9H2,1H3,(H,23,24)(H2,20,21,22). The van der Waals surface area contributed by atoms with Crippen LogP contribution in [0.4, 0.5) is 18.9 Å². The highest BCUT2D eigenvalue weighted by molar-refractivity contribution is 5.95. The van der Waals surface area contributed by atoms with E-state index in [1.807, 2.05) is 6.07 Å². The van der Waals surface area contributed by atoms with E-state index in [4.69, 9.17) is 4.42 Å². The highest BCUT2D eigenvalue weighted by Crippen LogP contribution is 2.19. The van der Waals surface area contributed by atoms with Crippen molar-refractivity contribution in [1.29, 1.82) is 0 Å². The van der Waals surface area contributed by atoms with Crippen molar-refractivity contribution in [3.8, 4) is 0 Å². The minimum atomic E-state index is -1.64. The van der Waals surface area contributed by atoms with Gasteiger partial charge in [0.25, 0.3) is 0 Å². The molecule has 0 radical (unpaired) electrons. The van der Waals surface area contributed by atoms with Crippen molar-refractivity contribution in [2.75, 3.05) is 25.5 Å². The zero-order chi connectivity index (χ0) is 18.2. The molecular formula is C16H17F3N4O2. The SMILES string of the molecule is CN=C(NCCc1ccco1)NCC(=O)Nc1ccc(F)c(F)c1F. The van der Waals surface area contributed by atoms with Crippen LogP contribution >= 0.6 is 0 Å². The van der Waals surface area contributed by atoms with Gasteiger partial charge in [0.05, 0.1) is 18.5 Å². The number of benzene rings is 1. The molecule has 0 saturated carbocycles. The lowest BCUT2D eigenvalue weighted by atomic mass is 10.2. The number of furan rings is 1. The lowest BCUT2D eigenvalue weighted by Crippen LogP contribution is -2.42. The average Bonchev–Trinajstić information content (AvgIpc) is 3.12. The number of amides is 1. The molecule has 0 aliphatic rings. The van der Waals surface area contributed by atoms with E-state index in [0.29, 0.717) is 18.9 Å². The average molecular weight is 354 g/mol. The Morgan fingerprint density at radius 1 is 1.16 bits per heavy atom. The van der Waals surface area contributed by atoms with Gasteiger partial charge in [0.15, 0.2) is 23.4 Å². The molecule has 1 heterocycles. The number of rotatable bonds is 6. The molecule has 6 nitrogen and oxygen atoms in total. The fraction of sp³-hybridized carbons (Fsp3) is 0.250. The second-order valence-corrected chi connectivity index (χ2v) is 4.95. The monoisotopic (exact) mass is 354 g/mol. The van der Waals surface area contributed by atoms with Gasteiger partial charge in [-0.2, -0.15) is 0 Å². The molecule has 134 valence electrons. The van der Waals surface area contributed by atoms with E-state index < -0.39 is 29.0 Å². The van der Waals surface area contributed by atoms with Crippen molar-refractivity contribution in [3.63, 3.8) is 0 Å². The molecular weight excluding hydrogens is 337 g/mol. The number of hydrogen-bond acceptors (Lipinski definition) is 3. The molecule has 1 amide bonds. The molecule has 0 spiro atoms. The first-order valence-corrected chi connectivity index (χ1v) is 7.41. The van der Waals surface area contributed by atoms with E-state index >= 15 is 0 Å². The van der Waals surface area contributed by atoms with Gasteiger partial charge in [0.1, 0.15) is 5.76 Å². The Kier molecular flexibility index (Phi) is 6.44. The van der Waals surface area contributed by atoms with Crippen molar-refractivity contribution in [2.24, 2.45) is 4.99 Å². The second-order valence-electron chi connectivity index (χ2n) is 4.95. The number of halogens is 3. The topological polar surface area (TPSA) is 78.7 Å². The lowest BCUT2D eigenvalue weighted by molar-refractivity contribution is -0.115. The minimum Gasteiger partial charge on any atom is -0.469 e. The first-order chi connectivity index (χ1) is 12.0. The Labute approximate surface area is 142 Å². The molecule has 0 unspecified atom stereocenters. The molecule has 2 aromatic rings. The van der Waals surface area contributed by atoms with Gasteiger partial charge in [-0.25, -0.2) is 13.2 Å². The maximum atomic E-state index is 13.5. The number of nitrogens with one attached hydrogen (secondary N) is 3. The number of aliphatic imine (C=N–C) groups is 1. The van der Waals surface area contributed by atoms with E-state index in [-0.39, 0.29) is 6.54 Å². The second kappa shape index (κ2) is 8.76. The largest absolute Gasteiger partial charge is 0.469 e. The van der Waals surface area contributed by atoms with E-state index in [1.54, 1.807) is 12.3 Å².